The predicted octanol–water partition coefficient (Wildman–Crippen LogP) is 2.67. The van der Waals surface area contributed by atoms with Crippen LogP contribution in [0.25, 0.3) is 0 Å². The first kappa shape index (κ1) is 7.00. The molecule has 7 heavy (non-hydrogen) atoms. The standard InChI is InChI=1S/C7H14/c1-3-5-7-6-4-2/h3-5,7H2,1-2H3. The quantitative estimate of drug-likeness (QED) is 0.474. The number of hydrogen-bond acceptors (Lipinski definition) is 0. The Morgan fingerprint density at radius 1 is 1.29 bits per heavy atom. The van der Waals surface area contributed by atoms with Crippen LogP contribution in [-0.4, -0.2) is 0 Å². The summed E-state index contributed by atoms with van der Waals surface area (Å²) in [4.78, 5) is 0. The molecule has 0 fully saturated rings. The molecule has 0 saturated carbocycles. The van der Waals surface area contributed by atoms with Crippen molar-refractivity contribution in [2.45, 2.75) is 39.5 Å². The van der Waals surface area contributed by atoms with Crippen molar-refractivity contribution < 1.29 is 0 Å². The molecule has 0 nitrogen and oxygen atoms in total. The van der Waals surface area contributed by atoms with Crippen molar-refractivity contribution >= 4 is 0 Å². The molecule has 0 atom stereocenters. The van der Waals surface area contributed by atoms with Gasteiger partial charge in [-0.1, -0.05) is 26.7 Å². The topological polar surface area (TPSA) is 0 Å². The zero-order valence-corrected chi connectivity index (χ0v) is 5.33. The summed E-state index contributed by atoms with van der Waals surface area (Å²) in [7, 11) is 0. The van der Waals surface area contributed by atoms with Crippen LogP contribution < -0.4 is 0 Å². The van der Waals surface area contributed by atoms with Crippen LogP contribution in [0.3, 0.4) is 0 Å². The Hall–Kier alpha value is 0. The highest BCUT2D eigenvalue weighted by atomic mass is 13.9. The van der Waals surface area contributed by atoms with E-state index in [4.69, 9.17) is 0 Å². The summed E-state index contributed by atoms with van der Waals surface area (Å²) in [5.74, 6) is 0. The van der Waals surface area contributed by atoms with E-state index in [1.165, 1.54) is 19.3 Å². The molecule has 0 aliphatic rings. The van der Waals surface area contributed by atoms with Gasteiger partial charge in [0.2, 0.25) is 0 Å². The van der Waals surface area contributed by atoms with Gasteiger partial charge in [-0.25, -0.2) is 0 Å². The average Bonchev–Trinajstić information content (AvgIpc) is 1.69. The van der Waals surface area contributed by atoms with E-state index < -0.39 is 0 Å². The van der Waals surface area contributed by atoms with Crippen LogP contribution >= 0.6 is 0 Å². The van der Waals surface area contributed by atoms with Crippen LogP contribution in [0.5, 0.6) is 0 Å². The second-order valence-corrected chi connectivity index (χ2v) is 1.71. The van der Waals surface area contributed by atoms with Crippen LogP contribution in [0, 0.1) is 6.42 Å². The maximum Gasteiger partial charge on any atom is -0.0176 e. The third-order valence-corrected chi connectivity index (χ3v) is 0.957. The third-order valence-electron chi connectivity index (χ3n) is 0.957. The fourth-order valence-corrected chi connectivity index (χ4v) is 0.479. The highest BCUT2D eigenvalue weighted by Crippen LogP contribution is 1.98. The molecular formula is C7H14. The molecule has 0 aliphatic heterocycles. The molecule has 0 aromatic heterocycles. The number of hydrogen-bond donors (Lipinski definition) is 0. The predicted molar refractivity (Wildman–Crippen MR) is 33.1 cm³/mol. The summed E-state index contributed by atoms with van der Waals surface area (Å²) in [6.07, 6.45) is 8.16. The van der Waals surface area contributed by atoms with Crippen LogP contribution in [0.2, 0.25) is 0 Å². The van der Waals surface area contributed by atoms with Gasteiger partial charge >= 0.3 is 0 Å². The van der Waals surface area contributed by atoms with Crippen LogP contribution in [0.4, 0.5) is 0 Å². The van der Waals surface area contributed by atoms with Gasteiger partial charge in [0.15, 0.2) is 0 Å². The number of unbranched alkanes of at least 4 members (excludes halogenated alkanes) is 4. The van der Waals surface area contributed by atoms with E-state index in [1.54, 1.807) is 0 Å². The summed E-state index contributed by atoms with van der Waals surface area (Å²) in [5, 5.41) is 0. The number of rotatable bonds is 4. The summed E-state index contributed by atoms with van der Waals surface area (Å²) in [5.41, 5.74) is 0. The molecular weight excluding hydrogens is 84.1 g/mol. The van der Waals surface area contributed by atoms with Gasteiger partial charge in [-0.05, 0) is 19.3 Å². The van der Waals surface area contributed by atoms with Gasteiger partial charge in [0.25, 0.3) is 0 Å². The maximum absolute atomic E-state index is 3.25. The molecule has 0 saturated heterocycles. The molecule has 0 N–H and O–H groups in total. The average molecular weight is 98.2 g/mol. The molecule has 0 aromatic carbocycles. The lowest BCUT2D eigenvalue weighted by molar-refractivity contribution is 0.761. The van der Waals surface area contributed by atoms with Crippen molar-refractivity contribution in [3.05, 3.63) is 6.42 Å². The minimum atomic E-state index is 1.11. The minimum Gasteiger partial charge on any atom is -0.0654 e. The van der Waals surface area contributed by atoms with Crippen molar-refractivity contribution in [3.8, 4) is 0 Å². The van der Waals surface area contributed by atoms with E-state index >= 15 is 0 Å². The summed E-state index contributed by atoms with van der Waals surface area (Å²) < 4.78 is 0. The minimum absolute atomic E-state index is 1.11. The molecule has 0 heteroatoms. The second-order valence-electron chi connectivity index (χ2n) is 1.71. The smallest absolute Gasteiger partial charge is 0.0176 e. The summed E-state index contributed by atoms with van der Waals surface area (Å²) >= 11 is 0. The molecule has 2 radical (unpaired) electrons. The molecule has 0 spiro atoms. The fraction of sp³-hybridized carbons (Fsp3) is 0.857. The van der Waals surface area contributed by atoms with Crippen molar-refractivity contribution in [2.24, 2.45) is 0 Å². The SMILES string of the molecule is CC[C]CCCC. The van der Waals surface area contributed by atoms with E-state index in [1.807, 2.05) is 0 Å². The lowest BCUT2D eigenvalue weighted by Gasteiger charge is -1.89. The lowest BCUT2D eigenvalue weighted by Crippen LogP contribution is -1.72. The molecule has 0 bridgehead atoms. The van der Waals surface area contributed by atoms with Crippen molar-refractivity contribution in [1.29, 1.82) is 0 Å². The molecule has 0 unspecified atom stereocenters. The van der Waals surface area contributed by atoms with E-state index in [9.17, 15) is 0 Å². The lowest BCUT2D eigenvalue weighted by atomic mass is 10.2. The molecule has 0 heterocycles. The first-order valence-electron chi connectivity index (χ1n) is 3.12. The Morgan fingerprint density at radius 2 is 2.00 bits per heavy atom. The fourth-order valence-electron chi connectivity index (χ4n) is 0.479. The van der Waals surface area contributed by atoms with E-state index in [2.05, 4.69) is 20.3 Å². The second kappa shape index (κ2) is 6.00. The van der Waals surface area contributed by atoms with Gasteiger partial charge < -0.3 is 0 Å². The normalized spacial score (nSPS) is 9.43. The van der Waals surface area contributed by atoms with Crippen LogP contribution in [0.15, 0.2) is 0 Å². The van der Waals surface area contributed by atoms with Gasteiger partial charge in [-0.2, -0.15) is 0 Å². The van der Waals surface area contributed by atoms with Gasteiger partial charge in [-0.15, -0.1) is 0 Å². The largest absolute Gasteiger partial charge is 0.0654 e. The first-order valence-corrected chi connectivity index (χ1v) is 3.12. The molecule has 0 aliphatic carbocycles. The van der Waals surface area contributed by atoms with Gasteiger partial charge in [0.05, 0.1) is 0 Å². The van der Waals surface area contributed by atoms with Crippen molar-refractivity contribution in [2.75, 3.05) is 0 Å². The zero-order chi connectivity index (χ0) is 5.54. The van der Waals surface area contributed by atoms with E-state index in [0.717, 1.165) is 6.42 Å². The van der Waals surface area contributed by atoms with Crippen LogP contribution in [0.1, 0.15) is 39.5 Å². The molecule has 0 amide bonds. The Labute approximate surface area is 46.9 Å². The van der Waals surface area contributed by atoms with Crippen molar-refractivity contribution in [3.63, 3.8) is 0 Å². The maximum atomic E-state index is 3.25. The van der Waals surface area contributed by atoms with E-state index in [0.29, 0.717) is 0 Å². The Kier molecular flexibility index (Phi) is 6.00. The Morgan fingerprint density at radius 3 is 2.43 bits per heavy atom. The first-order chi connectivity index (χ1) is 3.41. The van der Waals surface area contributed by atoms with Crippen LogP contribution in [-0.2, 0) is 0 Å². The molecule has 42 valence electrons. The highest BCUT2D eigenvalue weighted by molar-refractivity contribution is 4.59. The van der Waals surface area contributed by atoms with Gasteiger partial charge in [0.1, 0.15) is 0 Å². The summed E-state index contributed by atoms with van der Waals surface area (Å²) in [6, 6.07) is 0. The third kappa shape index (κ3) is 6.00. The van der Waals surface area contributed by atoms with Gasteiger partial charge in [0, 0.05) is 0 Å². The molecule has 0 aromatic rings. The van der Waals surface area contributed by atoms with Crippen molar-refractivity contribution in [1.82, 2.24) is 0 Å². The summed E-state index contributed by atoms with van der Waals surface area (Å²) in [6.45, 7) is 4.34. The Bertz CT molecular complexity index is 19.2. The Balaban J connectivity index is 2.45. The molecule has 0 rings (SSSR count). The van der Waals surface area contributed by atoms with E-state index in [-0.39, 0.29) is 0 Å². The zero-order valence-electron chi connectivity index (χ0n) is 5.33. The van der Waals surface area contributed by atoms with Gasteiger partial charge in [-0.3, -0.25) is 0 Å². The highest BCUT2D eigenvalue weighted by Gasteiger charge is 1.81. The monoisotopic (exact) mass is 98.1 g/mol.